The number of aryl methyl sites for hydroxylation is 1. The van der Waals surface area contributed by atoms with Crippen molar-refractivity contribution in [2.24, 2.45) is 0 Å². The van der Waals surface area contributed by atoms with Gasteiger partial charge in [-0.15, -0.1) is 0 Å². The van der Waals surface area contributed by atoms with Gasteiger partial charge in [-0.3, -0.25) is 9.59 Å². The fourth-order valence-electron chi connectivity index (χ4n) is 3.95. The van der Waals surface area contributed by atoms with Crippen LogP contribution in [0.5, 0.6) is 5.75 Å². The largest absolute Gasteiger partial charge is 0.507 e. The van der Waals surface area contributed by atoms with Gasteiger partial charge >= 0.3 is 0 Å². The van der Waals surface area contributed by atoms with Crippen LogP contribution in [0.25, 0.3) is 5.76 Å². The Bertz CT molecular complexity index is 1050. The van der Waals surface area contributed by atoms with Gasteiger partial charge in [-0.2, -0.15) is 0 Å². The molecule has 3 rings (SSSR count). The van der Waals surface area contributed by atoms with E-state index in [1.807, 2.05) is 31.2 Å². The van der Waals surface area contributed by atoms with Crippen LogP contribution in [0.1, 0.15) is 48.9 Å². The minimum absolute atomic E-state index is 0.0922. The summed E-state index contributed by atoms with van der Waals surface area (Å²) in [4.78, 5) is 27.5. The minimum Gasteiger partial charge on any atom is -0.507 e. The molecule has 6 nitrogen and oxygen atoms in total. The lowest BCUT2D eigenvalue weighted by molar-refractivity contribution is -0.140. The van der Waals surface area contributed by atoms with E-state index in [0.717, 1.165) is 34.2 Å². The highest BCUT2D eigenvalue weighted by molar-refractivity contribution is 9.10. The van der Waals surface area contributed by atoms with Crippen molar-refractivity contribution in [2.45, 2.75) is 39.2 Å². The molecular weight excluding hydrogens is 486 g/mol. The molecule has 1 atom stereocenters. The van der Waals surface area contributed by atoms with Crippen LogP contribution in [0.15, 0.2) is 52.5 Å². The lowest BCUT2D eigenvalue weighted by atomic mass is 9.95. The quantitative estimate of drug-likeness (QED) is 0.198. The van der Waals surface area contributed by atoms with Gasteiger partial charge in [0.15, 0.2) is 0 Å². The average Bonchev–Trinajstić information content (AvgIpc) is 3.05. The molecule has 0 spiro atoms. The molecule has 1 heterocycles. The summed E-state index contributed by atoms with van der Waals surface area (Å²) < 4.78 is 11.8. The van der Waals surface area contributed by atoms with E-state index in [4.69, 9.17) is 9.47 Å². The van der Waals surface area contributed by atoms with Crippen LogP contribution in [0.3, 0.4) is 0 Å². The van der Waals surface area contributed by atoms with Crippen molar-refractivity contribution in [2.75, 3.05) is 26.9 Å². The standard InChI is InChI=1S/C26H30BrNO5/c1-4-5-14-33-21-11-10-19(15-17(21)2)24(29)22-23(18-8-6-9-20(27)16-18)28(12-7-13-32-3)26(31)25(22)30/h6,8-11,15-16,23,29H,4-5,7,12-14H2,1-3H3/t23-/m0/s1. The number of benzene rings is 2. The maximum Gasteiger partial charge on any atom is 0.295 e. The lowest BCUT2D eigenvalue weighted by Gasteiger charge is -2.25. The van der Waals surface area contributed by atoms with Crippen LogP contribution in [0, 0.1) is 6.92 Å². The predicted octanol–water partition coefficient (Wildman–Crippen LogP) is 5.39. The number of Topliss-reactive ketones (excluding diaryl/α,β-unsaturated/α-hetero) is 1. The number of nitrogens with zero attached hydrogens (tertiary/aromatic N) is 1. The van der Waals surface area contributed by atoms with E-state index in [2.05, 4.69) is 22.9 Å². The van der Waals surface area contributed by atoms with Crippen molar-refractivity contribution >= 4 is 33.4 Å². The van der Waals surface area contributed by atoms with E-state index in [1.165, 1.54) is 4.90 Å². The zero-order chi connectivity index (χ0) is 24.0. The van der Waals surface area contributed by atoms with Crippen LogP contribution in [-0.4, -0.2) is 48.6 Å². The highest BCUT2D eigenvalue weighted by Gasteiger charge is 2.45. The molecule has 0 bridgehead atoms. The molecular formula is C26H30BrNO5. The van der Waals surface area contributed by atoms with Crippen LogP contribution in [0.2, 0.25) is 0 Å². The van der Waals surface area contributed by atoms with E-state index in [1.54, 1.807) is 25.3 Å². The van der Waals surface area contributed by atoms with Gasteiger partial charge in [0.1, 0.15) is 11.5 Å². The normalized spacial score (nSPS) is 17.6. The fourth-order valence-corrected chi connectivity index (χ4v) is 4.37. The van der Waals surface area contributed by atoms with E-state index < -0.39 is 17.7 Å². The number of carbonyl (C=O) groups is 2. The van der Waals surface area contributed by atoms with Gasteiger partial charge in [-0.25, -0.2) is 0 Å². The monoisotopic (exact) mass is 515 g/mol. The van der Waals surface area contributed by atoms with Crippen LogP contribution >= 0.6 is 15.9 Å². The number of aliphatic hydroxyl groups is 1. The Morgan fingerprint density at radius 3 is 2.58 bits per heavy atom. The Hall–Kier alpha value is -2.64. The highest BCUT2D eigenvalue weighted by atomic mass is 79.9. The summed E-state index contributed by atoms with van der Waals surface area (Å²) in [7, 11) is 1.60. The van der Waals surface area contributed by atoms with Gasteiger partial charge in [-0.05, 0) is 61.2 Å². The van der Waals surface area contributed by atoms with E-state index in [-0.39, 0.29) is 11.3 Å². The molecule has 2 aromatic carbocycles. The molecule has 0 saturated carbocycles. The SMILES string of the molecule is CCCCOc1ccc(C(O)=C2C(=O)C(=O)N(CCCOC)[C@H]2c2cccc(Br)c2)cc1C. The molecule has 1 saturated heterocycles. The summed E-state index contributed by atoms with van der Waals surface area (Å²) in [5.41, 5.74) is 2.17. The maximum absolute atomic E-state index is 13.1. The molecule has 2 aromatic rings. The summed E-state index contributed by atoms with van der Waals surface area (Å²) in [5, 5.41) is 11.2. The molecule has 1 aliphatic rings. The number of rotatable bonds is 10. The Balaban J connectivity index is 2.04. The van der Waals surface area contributed by atoms with Crippen molar-refractivity contribution in [3.8, 4) is 5.75 Å². The number of carbonyl (C=O) groups excluding carboxylic acids is 2. The smallest absolute Gasteiger partial charge is 0.295 e. The summed E-state index contributed by atoms with van der Waals surface area (Å²) in [5.74, 6) is -0.746. The van der Waals surface area contributed by atoms with Crippen molar-refractivity contribution in [1.82, 2.24) is 4.90 Å². The second-order valence-corrected chi connectivity index (χ2v) is 8.99. The van der Waals surface area contributed by atoms with Crippen molar-refractivity contribution in [3.63, 3.8) is 0 Å². The van der Waals surface area contributed by atoms with Crippen molar-refractivity contribution in [3.05, 3.63) is 69.2 Å². The molecule has 1 aliphatic heterocycles. The third-order valence-electron chi connectivity index (χ3n) is 5.66. The molecule has 176 valence electrons. The first-order valence-electron chi connectivity index (χ1n) is 11.2. The van der Waals surface area contributed by atoms with E-state index in [9.17, 15) is 14.7 Å². The van der Waals surface area contributed by atoms with Gasteiger partial charge in [0, 0.05) is 30.3 Å². The summed E-state index contributed by atoms with van der Waals surface area (Å²) in [6, 6.07) is 12.1. The number of unbranched alkanes of at least 4 members (excludes halogenated alkanes) is 1. The summed E-state index contributed by atoms with van der Waals surface area (Å²) in [6.07, 6.45) is 2.58. The number of ether oxygens (including phenoxy) is 2. The van der Waals surface area contributed by atoms with Crippen molar-refractivity contribution < 1.29 is 24.2 Å². The summed E-state index contributed by atoms with van der Waals surface area (Å²) in [6.45, 7) is 5.43. The molecule has 33 heavy (non-hydrogen) atoms. The predicted molar refractivity (Wildman–Crippen MR) is 131 cm³/mol. The minimum atomic E-state index is -0.684. The number of hydrogen-bond donors (Lipinski definition) is 1. The first kappa shape index (κ1) is 25.0. The number of aliphatic hydroxyl groups excluding tert-OH is 1. The van der Waals surface area contributed by atoms with Gasteiger partial charge in [-0.1, -0.05) is 41.4 Å². The first-order valence-corrected chi connectivity index (χ1v) is 11.9. The van der Waals surface area contributed by atoms with Gasteiger partial charge < -0.3 is 19.5 Å². The van der Waals surface area contributed by atoms with Gasteiger partial charge in [0.2, 0.25) is 0 Å². The molecule has 0 aliphatic carbocycles. The number of likely N-dealkylation sites (tertiary alicyclic amines) is 1. The Kier molecular flexibility index (Phi) is 8.69. The second-order valence-electron chi connectivity index (χ2n) is 8.08. The fraction of sp³-hybridized carbons (Fsp3) is 0.385. The third kappa shape index (κ3) is 5.65. The van der Waals surface area contributed by atoms with Crippen LogP contribution in [-0.2, 0) is 14.3 Å². The molecule has 7 heteroatoms. The maximum atomic E-state index is 13.1. The number of halogens is 1. The Morgan fingerprint density at radius 2 is 1.91 bits per heavy atom. The number of methoxy groups -OCH3 is 1. The molecule has 1 amide bonds. The number of ketones is 1. The Labute approximate surface area is 203 Å². The lowest BCUT2D eigenvalue weighted by Crippen LogP contribution is -2.31. The van der Waals surface area contributed by atoms with E-state index >= 15 is 0 Å². The Morgan fingerprint density at radius 1 is 1.12 bits per heavy atom. The molecule has 0 aromatic heterocycles. The van der Waals surface area contributed by atoms with Crippen LogP contribution in [0.4, 0.5) is 0 Å². The third-order valence-corrected chi connectivity index (χ3v) is 6.15. The van der Waals surface area contributed by atoms with E-state index in [0.29, 0.717) is 31.7 Å². The first-order chi connectivity index (χ1) is 15.9. The van der Waals surface area contributed by atoms with Crippen LogP contribution < -0.4 is 4.74 Å². The van der Waals surface area contributed by atoms with Crippen molar-refractivity contribution in [1.29, 1.82) is 0 Å². The highest BCUT2D eigenvalue weighted by Crippen LogP contribution is 2.40. The van der Waals surface area contributed by atoms with Gasteiger partial charge in [0.05, 0.1) is 18.2 Å². The second kappa shape index (κ2) is 11.5. The topological polar surface area (TPSA) is 76.1 Å². The molecule has 1 fully saturated rings. The number of hydrogen-bond acceptors (Lipinski definition) is 5. The zero-order valence-corrected chi connectivity index (χ0v) is 20.9. The zero-order valence-electron chi connectivity index (χ0n) is 19.3. The molecule has 0 unspecified atom stereocenters. The summed E-state index contributed by atoms with van der Waals surface area (Å²) >= 11 is 3.47. The molecule has 0 radical (unpaired) electrons. The molecule has 1 N–H and O–H groups in total. The van der Waals surface area contributed by atoms with Gasteiger partial charge in [0.25, 0.3) is 11.7 Å². The average molecular weight is 516 g/mol. The number of amides is 1.